The van der Waals surface area contributed by atoms with Crippen LogP contribution in [-0.4, -0.2) is 22.9 Å². The zero-order valence-electron chi connectivity index (χ0n) is 16.4. The van der Waals surface area contributed by atoms with Crippen molar-refractivity contribution >= 4 is 23.6 Å². The molecule has 0 radical (unpaired) electrons. The number of hydrogen-bond acceptors (Lipinski definition) is 7. The minimum absolute atomic E-state index is 0.0533. The second kappa shape index (κ2) is 9.13. The lowest BCUT2D eigenvalue weighted by molar-refractivity contribution is -0.109. The Bertz CT molecular complexity index is 878. The Morgan fingerprint density at radius 2 is 2.14 bits per heavy atom. The minimum atomic E-state index is -3.05. The zero-order valence-corrected chi connectivity index (χ0v) is 16.4. The quantitative estimate of drug-likeness (QED) is 0.425. The number of nitrogen functional groups attached to an aromatic ring is 1. The maximum atomic E-state index is 12.7. The Morgan fingerprint density at radius 1 is 1.34 bits per heavy atom. The first-order valence-corrected chi connectivity index (χ1v) is 9.62. The van der Waals surface area contributed by atoms with Crippen LogP contribution in [0.4, 0.5) is 26.1 Å². The number of aryl methyl sites for hydroxylation is 1. The zero-order chi connectivity index (χ0) is 21.0. The van der Waals surface area contributed by atoms with Crippen molar-refractivity contribution in [3.63, 3.8) is 0 Å². The molecule has 0 amide bonds. The standard InChI is InChI=1S/C20H25F2N5O2/c1-3-4-5-6-14-13-8-12(7-11(2)16(13)15(9-28)27-14)26-19-17(29-20(21)22)18(23)24-10-25-19/h7-10,14-15,20,27H,3-6H2,1-2H3,(H3,23,24,25,26). The molecule has 9 heteroatoms. The summed E-state index contributed by atoms with van der Waals surface area (Å²) in [5.41, 5.74) is 9.24. The predicted molar refractivity (Wildman–Crippen MR) is 106 cm³/mol. The van der Waals surface area contributed by atoms with Crippen molar-refractivity contribution in [2.24, 2.45) is 0 Å². The van der Waals surface area contributed by atoms with Crippen molar-refractivity contribution in [2.45, 2.75) is 58.2 Å². The van der Waals surface area contributed by atoms with Crippen LogP contribution in [0.1, 0.15) is 61.4 Å². The maximum Gasteiger partial charge on any atom is 0.387 e. The number of aromatic nitrogens is 2. The molecule has 1 aromatic carbocycles. The third kappa shape index (κ3) is 4.61. The van der Waals surface area contributed by atoms with E-state index in [-0.39, 0.29) is 29.5 Å². The van der Waals surface area contributed by atoms with Gasteiger partial charge in [0.2, 0.25) is 5.75 Å². The van der Waals surface area contributed by atoms with Crippen LogP contribution in [-0.2, 0) is 4.79 Å². The molecule has 2 heterocycles. The van der Waals surface area contributed by atoms with E-state index in [9.17, 15) is 13.6 Å². The third-order valence-corrected chi connectivity index (χ3v) is 5.02. The highest BCUT2D eigenvalue weighted by atomic mass is 19.3. The molecule has 0 spiro atoms. The van der Waals surface area contributed by atoms with Crippen molar-refractivity contribution in [3.8, 4) is 5.75 Å². The van der Waals surface area contributed by atoms with Crippen molar-refractivity contribution in [2.75, 3.05) is 11.1 Å². The number of carbonyl (C=O) groups excluding carboxylic acids is 1. The molecule has 0 bridgehead atoms. The van der Waals surface area contributed by atoms with E-state index in [0.717, 1.165) is 48.7 Å². The highest BCUT2D eigenvalue weighted by molar-refractivity contribution is 5.72. The fraction of sp³-hybridized carbons (Fsp3) is 0.450. The molecule has 1 aliphatic rings. The Kier molecular flexibility index (Phi) is 6.58. The molecule has 0 saturated heterocycles. The van der Waals surface area contributed by atoms with Crippen molar-refractivity contribution < 1.29 is 18.3 Å². The van der Waals surface area contributed by atoms with Crippen LogP contribution in [0.5, 0.6) is 5.75 Å². The summed E-state index contributed by atoms with van der Waals surface area (Å²) in [4.78, 5) is 19.3. The first-order chi connectivity index (χ1) is 13.9. The molecule has 3 rings (SSSR count). The van der Waals surface area contributed by atoms with E-state index in [1.165, 1.54) is 6.33 Å². The highest BCUT2D eigenvalue weighted by Crippen LogP contribution is 2.40. The lowest BCUT2D eigenvalue weighted by Gasteiger charge is -2.16. The number of anilines is 3. The lowest BCUT2D eigenvalue weighted by Crippen LogP contribution is -2.18. The van der Waals surface area contributed by atoms with E-state index in [2.05, 4.69) is 32.3 Å². The van der Waals surface area contributed by atoms with Crippen molar-refractivity contribution in [1.29, 1.82) is 0 Å². The molecule has 1 aliphatic heterocycles. The van der Waals surface area contributed by atoms with Crippen molar-refractivity contribution in [1.82, 2.24) is 15.3 Å². The number of rotatable bonds is 9. The van der Waals surface area contributed by atoms with E-state index in [1.807, 2.05) is 19.1 Å². The van der Waals surface area contributed by atoms with Gasteiger partial charge in [0.1, 0.15) is 12.6 Å². The SMILES string of the molecule is CCCCCC1NC(C=O)c2c(C)cc(Nc3ncnc(N)c3OC(F)F)cc21. The van der Waals surface area contributed by atoms with E-state index >= 15 is 0 Å². The van der Waals surface area contributed by atoms with Crippen LogP contribution in [0.25, 0.3) is 0 Å². The second-order valence-corrected chi connectivity index (χ2v) is 7.06. The molecular formula is C20H25F2N5O2. The van der Waals surface area contributed by atoms with Gasteiger partial charge in [0.05, 0.1) is 6.04 Å². The van der Waals surface area contributed by atoms with Gasteiger partial charge in [0, 0.05) is 11.7 Å². The van der Waals surface area contributed by atoms with E-state index in [4.69, 9.17) is 5.73 Å². The van der Waals surface area contributed by atoms with E-state index in [1.54, 1.807) is 0 Å². The van der Waals surface area contributed by atoms with E-state index < -0.39 is 6.61 Å². The number of unbranched alkanes of at least 4 members (excludes halogenated alkanes) is 2. The Labute approximate surface area is 168 Å². The molecule has 0 saturated carbocycles. The number of nitrogens with one attached hydrogen (secondary N) is 2. The summed E-state index contributed by atoms with van der Waals surface area (Å²) >= 11 is 0. The molecule has 0 fully saturated rings. The number of alkyl halides is 2. The molecule has 2 unspecified atom stereocenters. The lowest BCUT2D eigenvalue weighted by atomic mass is 9.94. The van der Waals surface area contributed by atoms with E-state index in [0.29, 0.717) is 5.69 Å². The summed E-state index contributed by atoms with van der Waals surface area (Å²) in [7, 11) is 0. The Balaban J connectivity index is 1.93. The molecular weight excluding hydrogens is 380 g/mol. The maximum absolute atomic E-state index is 12.7. The topological polar surface area (TPSA) is 102 Å². The van der Waals surface area contributed by atoms with Gasteiger partial charge >= 0.3 is 6.61 Å². The number of benzene rings is 1. The summed E-state index contributed by atoms with van der Waals surface area (Å²) in [6.45, 7) is 1.01. The Hall–Kier alpha value is -2.81. The monoisotopic (exact) mass is 405 g/mol. The smallest absolute Gasteiger partial charge is 0.387 e. The second-order valence-electron chi connectivity index (χ2n) is 7.06. The number of ether oxygens (including phenoxy) is 1. The van der Waals surface area contributed by atoms with Crippen LogP contribution >= 0.6 is 0 Å². The summed E-state index contributed by atoms with van der Waals surface area (Å²) < 4.78 is 30.0. The average Bonchev–Trinajstić information content (AvgIpc) is 3.03. The fourth-order valence-corrected chi connectivity index (χ4v) is 3.76. The van der Waals surface area contributed by atoms with Crippen LogP contribution in [0, 0.1) is 6.92 Å². The van der Waals surface area contributed by atoms with Crippen LogP contribution in [0.2, 0.25) is 0 Å². The average molecular weight is 405 g/mol. The molecule has 7 nitrogen and oxygen atoms in total. The number of halogens is 2. The molecule has 29 heavy (non-hydrogen) atoms. The first kappa shape index (κ1) is 20.9. The number of fused-ring (bicyclic) bond motifs is 1. The molecule has 2 aromatic rings. The summed E-state index contributed by atoms with van der Waals surface area (Å²) in [6.07, 6.45) is 6.27. The number of hydrogen-bond donors (Lipinski definition) is 3. The molecule has 4 N–H and O–H groups in total. The summed E-state index contributed by atoms with van der Waals surface area (Å²) in [6, 6.07) is 3.47. The summed E-state index contributed by atoms with van der Waals surface area (Å²) in [5.74, 6) is -0.428. The first-order valence-electron chi connectivity index (χ1n) is 9.62. The number of carbonyl (C=O) groups is 1. The third-order valence-electron chi connectivity index (χ3n) is 5.02. The number of nitrogens with two attached hydrogens (primary N) is 1. The van der Waals surface area contributed by atoms with Crippen LogP contribution < -0.4 is 21.1 Å². The molecule has 2 atom stereocenters. The van der Waals surface area contributed by atoms with Gasteiger partial charge in [0.25, 0.3) is 0 Å². The van der Waals surface area contributed by atoms with Gasteiger partial charge < -0.3 is 20.6 Å². The van der Waals surface area contributed by atoms with Gasteiger partial charge in [0.15, 0.2) is 11.6 Å². The van der Waals surface area contributed by atoms with Gasteiger partial charge in [-0.15, -0.1) is 0 Å². The normalized spacial score (nSPS) is 18.0. The highest BCUT2D eigenvalue weighted by Gasteiger charge is 2.31. The summed E-state index contributed by atoms with van der Waals surface area (Å²) in [5, 5.41) is 6.38. The van der Waals surface area contributed by atoms with Gasteiger partial charge in [-0.2, -0.15) is 8.78 Å². The predicted octanol–water partition coefficient (Wildman–Crippen LogP) is 4.18. The number of aldehydes is 1. The van der Waals surface area contributed by atoms with Crippen molar-refractivity contribution in [3.05, 3.63) is 35.2 Å². The van der Waals surface area contributed by atoms with Gasteiger partial charge in [-0.25, -0.2) is 9.97 Å². The van der Waals surface area contributed by atoms with Crippen LogP contribution in [0.15, 0.2) is 18.5 Å². The molecule has 0 aliphatic carbocycles. The van der Waals surface area contributed by atoms with Crippen LogP contribution in [0.3, 0.4) is 0 Å². The van der Waals surface area contributed by atoms with Gasteiger partial charge in [-0.05, 0) is 42.2 Å². The largest absolute Gasteiger partial charge is 0.427 e. The molecule has 1 aromatic heterocycles. The Morgan fingerprint density at radius 3 is 2.83 bits per heavy atom. The minimum Gasteiger partial charge on any atom is -0.427 e. The van der Waals surface area contributed by atoms with Gasteiger partial charge in [-0.3, -0.25) is 5.32 Å². The fourth-order valence-electron chi connectivity index (χ4n) is 3.76. The number of nitrogens with zero attached hydrogens (tertiary/aromatic N) is 2. The molecule has 156 valence electrons. The van der Waals surface area contributed by atoms with Gasteiger partial charge in [-0.1, -0.05) is 26.2 Å².